The first-order chi connectivity index (χ1) is 7.59. The van der Waals surface area contributed by atoms with Gasteiger partial charge < -0.3 is 10.1 Å². The fourth-order valence-corrected chi connectivity index (χ4v) is 0.907. The summed E-state index contributed by atoms with van der Waals surface area (Å²) in [5, 5.41) is 15.3. The number of hydrazine groups is 1. The molecule has 0 saturated heterocycles. The molecule has 1 aromatic rings. The molecule has 0 atom stereocenters. The van der Waals surface area contributed by atoms with Gasteiger partial charge in [0.15, 0.2) is 5.22 Å². The number of anilines is 1. The number of nitrogens with zero attached hydrogens (tertiary/aromatic N) is 3. The van der Waals surface area contributed by atoms with E-state index in [2.05, 4.69) is 21.2 Å². The van der Waals surface area contributed by atoms with Crippen molar-refractivity contribution in [3.05, 3.63) is 34.4 Å². The third-order valence-electron chi connectivity index (χ3n) is 1.50. The van der Waals surface area contributed by atoms with Gasteiger partial charge in [0.2, 0.25) is 11.6 Å². The van der Waals surface area contributed by atoms with Crippen molar-refractivity contribution in [2.45, 2.75) is 6.92 Å². The van der Waals surface area contributed by atoms with Crippen LogP contribution in [0.25, 0.3) is 0 Å². The van der Waals surface area contributed by atoms with Crippen molar-refractivity contribution in [3.8, 4) is 0 Å². The Morgan fingerprint density at radius 2 is 2.12 bits per heavy atom. The lowest BCUT2D eigenvalue weighted by Gasteiger charge is -2.05. The Kier molecular flexibility index (Phi) is 3.90. The van der Waals surface area contributed by atoms with Crippen molar-refractivity contribution in [2.24, 2.45) is 10.3 Å². The van der Waals surface area contributed by atoms with E-state index >= 15 is 0 Å². The van der Waals surface area contributed by atoms with Gasteiger partial charge in [0, 0.05) is 6.92 Å². The summed E-state index contributed by atoms with van der Waals surface area (Å²) in [7, 11) is 0. The molecular formula is C8H9N5O3. The summed E-state index contributed by atoms with van der Waals surface area (Å²) >= 11 is 0. The van der Waals surface area contributed by atoms with Gasteiger partial charge in [-0.05, 0) is 12.1 Å². The second-order valence-electron chi connectivity index (χ2n) is 2.75. The highest BCUT2D eigenvalue weighted by Gasteiger charge is 2.06. The normalized spacial score (nSPS) is 10.1. The maximum Gasteiger partial charge on any atom is 0.235 e. The number of amides is 1. The quantitative estimate of drug-likeness (QED) is 0.457. The average molecular weight is 223 g/mol. The van der Waals surface area contributed by atoms with Crippen LogP contribution in [-0.4, -0.2) is 10.9 Å². The molecule has 0 heterocycles. The molecule has 1 amide bonds. The van der Waals surface area contributed by atoms with E-state index in [9.17, 15) is 14.9 Å². The Balaban J connectivity index is 2.83. The van der Waals surface area contributed by atoms with Gasteiger partial charge in [-0.2, -0.15) is 0 Å². The van der Waals surface area contributed by atoms with E-state index in [0.717, 1.165) is 0 Å². The summed E-state index contributed by atoms with van der Waals surface area (Å²) in [4.78, 5) is 20.7. The SMILES string of the molecule is CC(=O)NNc1ccccc1N=N[N+](=O)[O-]. The van der Waals surface area contributed by atoms with Gasteiger partial charge in [-0.25, -0.2) is 0 Å². The third-order valence-corrected chi connectivity index (χ3v) is 1.50. The van der Waals surface area contributed by atoms with Crippen LogP contribution in [0, 0.1) is 10.1 Å². The van der Waals surface area contributed by atoms with Crippen molar-refractivity contribution in [1.82, 2.24) is 5.43 Å². The Bertz CT molecular complexity index is 431. The number of benzene rings is 1. The first-order valence-corrected chi connectivity index (χ1v) is 4.27. The molecule has 84 valence electrons. The predicted molar refractivity (Wildman–Crippen MR) is 55.4 cm³/mol. The van der Waals surface area contributed by atoms with Crippen molar-refractivity contribution in [2.75, 3.05) is 5.43 Å². The van der Waals surface area contributed by atoms with Gasteiger partial charge in [0.1, 0.15) is 5.69 Å². The molecule has 0 aliphatic rings. The monoisotopic (exact) mass is 223 g/mol. The average Bonchev–Trinajstić information content (AvgIpc) is 2.24. The largest absolute Gasteiger partial charge is 0.337 e. The van der Waals surface area contributed by atoms with Crippen LogP contribution in [0.5, 0.6) is 0 Å². The maximum atomic E-state index is 10.7. The lowest BCUT2D eigenvalue weighted by Crippen LogP contribution is -2.26. The van der Waals surface area contributed by atoms with Gasteiger partial charge in [-0.3, -0.25) is 15.6 Å². The molecule has 0 aliphatic carbocycles. The maximum absolute atomic E-state index is 10.7. The van der Waals surface area contributed by atoms with E-state index in [1.54, 1.807) is 18.2 Å². The van der Waals surface area contributed by atoms with Gasteiger partial charge in [0.05, 0.1) is 10.1 Å². The molecule has 0 unspecified atom stereocenters. The summed E-state index contributed by atoms with van der Waals surface area (Å²) in [6.45, 7) is 1.33. The molecule has 0 saturated carbocycles. The van der Waals surface area contributed by atoms with E-state index in [4.69, 9.17) is 0 Å². The Morgan fingerprint density at radius 1 is 1.44 bits per heavy atom. The summed E-state index contributed by atoms with van der Waals surface area (Å²) in [6.07, 6.45) is 0. The number of nitro groups is 1. The highest BCUT2D eigenvalue weighted by molar-refractivity contribution is 5.76. The molecule has 1 aromatic carbocycles. The van der Waals surface area contributed by atoms with E-state index in [1.165, 1.54) is 13.0 Å². The third kappa shape index (κ3) is 3.70. The van der Waals surface area contributed by atoms with Crippen LogP contribution < -0.4 is 10.9 Å². The second-order valence-corrected chi connectivity index (χ2v) is 2.75. The molecule has 1 rings (SSSR count). The van der Waals surface area contributed by atoms with Crippen molar-refractivity contribution in [1.29, 1.82) is 0 Å². The van der Waals surface area contributed by atoms with Crippen molar-refractivity contribution < 1.29 is 9.83 Å². The number of hydrogen-bond acceptors (Lipinski definition) is 5. The lowest BCUT2D eigenvalue weighted by molar-refractivity contribution is -0.493. The van der Waals surface area contributed by atoms with Crippen molar-refractivity contribution >= 4 is 17.3 Å². The van der Waals surface area contributed by atoms with Crippen LogP contribution in [0.4, 0.5) is 11.4 Å². The molecule has 0 aromatic heterocycles. The number of hydrogen-bond donors (Lipinski definition) is 2. The van der Waals surface area contributed by atoms with E-state index in [0.29, 0.717) is 5.69 Å². The van der Waals surface area contributed by atoms with Crippen molar-refractivity contribution in [3.63, 3.8) is 0 Å². The molecule has 0 aliphatic heterocycles. The zero-order valence-electron chi connectivity index (χ0n) is 8.38. The number of nitrogens with one attached hydrogen (secondary N) is 2. The zero-order valence-corrected chi connectivity index (χ0v) is 8.38. The summed E-state index contributed by atoms with van der Waals surface area (Å²) in [5.74, 6) is -0.291. The lowest BCUT2D eigenvalue weighted by atomic mass is 10.3. The van der Waals surface area contributed by atoms with E-state index in [1.807, 2.05) is 0 Å². The number of para-hydroxylation sites is 1. The minimum atomic E-state index is -0.908. The molecule has 0 radical (unpaired) electrons. The topological polar surface area (TPSA) is 109 Å². The number of carbonyl (C=O) groups is 1. The Morgan fingerprint density at radius 3 is 2.75 bits per heavy atom. The minimum absolute atomic E-state index is 0.257. The fraction of sp³-hybridized carbons (Fsp3) is 0.125. The van der Waals surface area contributed by atoms with Crippen LogP contribution in [0.2, 0.25) is 0 Å². The Labute approximate surface area is 90.5 Å². The first-order valence-electron chi connectivity index (χ1n) is 4.27. The van der Waals surface area contributed by atoms with Gasteiger partial charge >= 0.3 is 0 Å². The van der Waals surface area contributed by atoms with Crippen LogP contribution in [0.3, 0.4) is 0 Å². The summed E-state index contributed by atoms with van der Waals surface area (Å²) in [6, 6.07) is 6.46. The molecule has 2 N–H and O–H groups in total. The van der Waals surface area contributed by atoms with Crippen LogP contribution in [0.1, 0.15) is 6.92 Å². The van der Waals surface area contributed by atoms with Gasteiger partial charge in [-0.1, -0.05) is 12.1 Å². The van der Waals surface area contributed by atoms with Crippen LogP contribution in [-0.2, 0) is 4.79 Å². The number of rotatable bonds is 4. The van der Waals surface area contributed by atoms with Crippen LogP contribution in [0.15, 0.2) is 34.6 Å². The summed E-state index contributed by atoms with van der Waals surface area (Å²) in [5.41, 5.74) is 5.57. The fourth-order valence-electron chi connectivity index (χ4n) is 0.907. The molecule has 8 heteroatoms. The Hall–Kier alpha value is -2.51. The molecule has 0 bridgehead atoms. The molecular weight excluding hydrogens is 214 g/mol. The minimum Gasteiger partial charge on any atom is -0.337 e. The predicted octanol–water partition coefficient (Wildman–Crippen LogP) is 1.42. The summed E-state index contributed by atoms with van der Waals surface area (Å²) < 4.78 is 0. The number of carbonyl (C=O) groups excluding carboxylic acids is 1. The second kappa shape index (κ2) is 5.39. The molecule has 0 fully saturated rings. The molecule has 0 spiro atoms. The standard InChI is InChI=1S/C8H9N5O3/c1-6(14)9-10-7-4-2-3-5-8(7)11-12-13(15)16/h2-5,10H,1H3,(H,9,14). The highest BCUT2D eigenvalue weighted by Crippen LogP contribution is 2.23. The molecule has 8 nitrogen and oxygen atoms in total. The van der Waals surface area contributed by atoms with Gasteiger partial charge in [0.25, 0.3) is 0 Å². The van der Waals surface area contributed by atoms with E-state index in [-0.39, 0.29) is 11.6 Å². The molecule has 16 heavy (non-hydrogen) atoms. The van der Waals surface area contributed by atoms with Crippen LogP contribution >= 0.6 is 0 Å². The highest BCUT2D eigenvalue weighted by atomic mass is 16.7. The van der Waals surface area contributed by atoms with E-state index < -0.39 is 5.03 Å². The smallest absolute Gasteiger partial charge is 0.235 e. The van der Waals surface area contributed by atoms with Gasteiger partial charge in [-0.15, -0.1) is 0 Å². The first kappa shape index (κ1) is 11.6. The zero-order chi connectivity index (χ0) is 12.0.